The molecule has 1 unspecified atom stereocenters. The van der Waals surface area contributed by atoms with Crippen molar-refractivity contribution < 1.29 is 34.6 Å². The Bertz CT molecular complexity index is 997. The van der Waals surface area contributed by atoms with Crippen LogP contribution in [-0.4, -0.2) is 64.7 Å². The second-order valence-corrected chi connectivity index (χ2v) is 8.47. The molecule has 1 aliphatic rings. The first kappa shape index (κ1) is 26.5. The smallest absolute Gasteiger partial charge is 0.119 e. The Balaban J connectivity index is 1.95. The summed E-state index contributed by atoms with van der Waals surface area (Å²) >= 11 is 6.61. The molecule has 184 valence electrons. The second-order valence-electron chi connectivity index (χ2n) is 8.07. The summed E-state index contributed by atoms with van der Waals surface area (Å²) in [4.78, 5) is 0. The number of aliphatic hydroxyl groups is 4. The first-order chi connectivity index (χ1) is 16.4. The van der Waals surface area contributed by atoms with E-state index in [1.807, 2.05) is 37.3 Å². The molecule has 1 saturated heterocycles. The predicted molar refractivity (Wildman–Crippen MR) is 128 cm³/mol. The highest BCUT2D eigenvalue weighted by Gasteiger charge is 2.44. The normalized spacial score (nSPS) is 24.4. The molecule has 34 heavy (non-hydrogen) atoms. The summed E-state index contributed by atoms with van der Waals surface area (Å²) in [7, 11) is 0. The van der Waals surface area contributed by atoms with Gasteiger partial charge < -0.3 is 34.6 Å². The minimum absolute atomic E-state index is 0.155. The highest BCUT2D eigenvalue weighted by molar-refractivity contribution is 6.31. The van der Waals surface area contributed by atoms with Crippen LogP contribution in [0.1, 0.15) is 42.2 Å². The average Bonchev–Trinajstić information content (AvgIpc) is 2.83. The molecule has 8 heteroatoms. The number of benzene rings is 2. The van der Waals surface area contributed by atoms with Gasteiger partial charge >= 0.3 is 0 Å². The molecule has 1 aliphatic heterocycles. The van der Waals surface area contributed by atoms with Crippen LogP contribution in [0, 0.1) is 11.8 Å². The number of halogens is 1. The Morgan fingerprint density at radius 2 is 1.76 bits per heavy atom. The lowest BCUT2D eigenvalue weighted by molar-refractivity contribution is -0.232. The van der Waals surface area contributed by atoms with Gasteiger partial charge in [0, 0.05) is 5.02 Å². The lowest BCUT2D eigenvalue weighted by Gasteiger charge is -2.41. The molecule has 0 aliphatic carbocycles. The summed E-state index contributed by atoms with van der Waals surface area (Å²) in [6.07, 6.45) is -5.84. The van der Waals surface area contributed by atoms with Gasteiger partial charge in [0.15, 0.2) is 0 Å². The molecule has 1 heterocycles. The summed E-state index contributed by atoms with van der Waals surface area (Å²) in [5, 5.41) is 41.3. The molecule has 0 amide bonds. The Kier molecular flexibility index (Phi) is 9.74. The molecular weight excluding hydrogens is 460 g/mol. The van der Waals surface area contributed by atoms with Gasteiger partial charge in [-0.25, -0.2) is 0 Å². The van der Waals surface area contributed by atoms with Crippen molar-refractivity contribution in [1.82, 2.24) is 0 Å². The molecule has 2 aromatic carbocycles. The van der Waals surface area contributed by atoms with E-state index in [4.69, 9.17) is 25.8 Å². The maximum atomic E-state index is 10.7. The highest BCUT2D eigenvalue weighted by Crippen LogP contribution is 2.37. The number of rotatable bonds is 9. The molecule has 0 spiro atoms. The zero-order chi connectivity index (χ0) is 24.7. The molecule has 0 saturated carbocycles. The fraction of sp³-hybridized carbons (Fsp3) is 0.462. The molecule has 0 bridgehead atoms. The van der Waals surface area contributed by atoms with Gasteiger partial charge in [0.25, 0.3) is 0 Å². The number of hydrogen-bond donors (Lipinski definition) is 4. The van der Waals surface area contributed by atoms with Gasteiger partial charge in [-0.3, -0.25) is 0 Å². The van der Waals surface area contributed by atoms with Gasteiger partial charge in [-0.05, 0) is 60.7 Å². The third-order valence-electron chi connectivity index (χ3n) is 5.74. The van der Waals surface area contributed by atoms with Gasteiger partial charge in [-0.15, -0.1) is 5.92 Å². The first-order valence-corrected chi connectivity index (χ1v) is 11.6. The highest BCUT2D eigenvalue weighted by atomic mass is 35.5. The molecule has 7 nitrogen and oxygen atoms in total. The van der Waals surface area contributed by atoms with Crippen molar-refractivity contribution in [2.45, 2.75) is 57.4 Å². The van der Waals surface area contributed by atoms with E-state index in [1.54, 1.807) is 13.0 Å². The van der Waals surface area contributed by atoms with Crippen LogP contribution in [0.15, 0.2) is 36.4 Å². The van der Waals surface area contributed by atoms with Gasteiger partial charge in [-0.1, -0.05) is 35.7 Å². The van der Waals surface area contributed by atoms with Gasteiger partial charge in [0.05, 0.1) is 19.8 Å². The third-order valence-corrected chi connectivity index (χ3v) is 6.10. The fourth-order valence-electron chi connectivity index (χ4n) is 3.94. The van der Waals surface area contributed by atoms with Crippen molar-refractivity contribution in [3.8, 4) is 17.6 Å². The van der Waals surface area contributed by atoms with E-state index < -0.39 is 37.1 Å². The minimum Gasteiger partial charge on any atom is -0.494 e. The number of aliphatic hydroxyl groups excluding tert-OH is 4. The zero-order valence-electron chi connectivity index (χ0n) is 19.3. The summed E-state index contributed by atoms with van der Waals surface area (Å²) in [5.41, 5.74) is 3.01. The Morgan fingerprint density at radius 3 is 2.41 bits per heavy atom. The van der Waals surface area contributed by atoms with Gasteiger partial charge in [0.1, 0.15) is 42.9 Å². The number of hydrogen-bond acceptors (Lipinski definition) is 7. The standard InChI is InChI=1S/C26H31ClO7/c1-3-5-10-32-15-18-13-21(27)17(11-16-6-8-19(9-7-16)33-4-2)12-20(18)26-25(31)24(30)23(29)22(14-28)34-26/h6-9,12-13,22-26,28-31H,4,10-11,14-15H2,1-2H3/t22-,23?,24+,25-,26+/m1/s1. The molecule has 0 aromatic heterocycles. The van der Waals surface area contributed by atoms with Crippen LogP contribution in [0.3, 0.4) is 0 Å². The number of ether oxygens (including phenoxy) is 3. The summed E-state index contributed by atoms with van der Waals surface area (Å²) < 4.78 is 16.9. The van der Waals surface area contributed by atoms with Crippen molar-refractivity contribution >= 4 is 11.6 Å². The second kappa shape index (κ2) is 12.5. The SMILES string of the molecule is CC#CCOCc1cc(Cl)c(Cc2ccc(OCC)cc2)cc1[C@@H]1O[C@H](CO)C(O)[C@H](O)[C@H]1O. The largest absolute Gasteiger partial charge is 0.494 e. The van der Waals surface area contributed by atoms with Crippen molar-refractivity contribution in [2.24, 2.45) is 0 Å². The monoisotopic (exact) mass is 490 g/mol. The Morgan fingerprint density at radius 1 is 1.03 bits per heavy atom. The quantitative estimate of drug-likeness (QED) is 0.315. The Hall–Kier alpha value is -2.15. The van der Waals surface area contributed by atoms with E-state index in [0.29, 0.717) is 29.2 Å². The van der Waals surface area contributed by atoms with Crippen molar-refractivity contribution in [1.29, 1.82) is 0 Å². The summed E-state index contributed by atoms with van der Waals surface area (Å²) in [6, 6.07) is 11.3. The fourth-order valence-corrected chi connectivity index (χ4v) is 4.19. The molecule has 4 N–H and O–H groups in total. The molecule has 3 rings (SSSR count). The minimum atomic E-state index is -1.49. The average molecular weight is 491 g/mol. The molecule has 5 atom stereocenters. The van der Waals surface area contributed by atoms with E-state index in [2.05, 4.69) is 11.8 Å². The van der Waals surface area contributed by atoms with Crippen LogP contribution in [0.25, 0.3) is 0 Å². The van der Waals surface area contributed by atoms with Crippen LogP contribution in [0.5, 0.6) is 5.75 Å². The Labute approximate surface area is 204 Å². The van der Waals surface area contributed by atoms with E-state index in [0.717, 1.165) is 16.9 Å². The summed E-state index contributed by atoms with van der Waals surface area (Å²) in [6.45, 7) is 4.09. The van der Waals surface area contributed by atoms with Crippen molar-refractivity contribution in [2.75, 3.05) is 19.8 Å². The lowest BCUT2D eigenvalue weighted by Crippen LogP contribution is -2.55. The predicted octanol–water partition coefficient (Wildman–Crippen LogP) is 2.38. The van der Waals surface area contributed by atoms with Crippen molar-refractivity contribution in [3.63, 3.8) is 0 Å². The third kappa shape index (κ3) is 6.29. The first-order valence-electron chi connectivity index (χ1n) is 11.2. The van der Waals surface area contributed by atoms with Crippen molar-refractivity contribution in [3.05, 3.63) is 63.7 Å². The molecule has 1 fully saturated rings. The topological polar surface area (TPSA) is 109 Å². The molecule has 0 radical (unpaired) electrons. The van der Waals surface area contributed by atoms with Crippen LogP contribution in [-0.2, 0) is 22.5 Å². The van der Waals surface area contributed by atoms with Gasteiger partial charge in [0.2, 0.25) is 0 Å². The summed E-state index contributed by atoms with van der Waals surface area (Å²) in [5.74, 6) is 6.36. The molecule has 2 aromatic rings. The van der Waals surface area contributed by atoms with Gasteiger partial charge in [-0.2, -0.15) is 0 Å². The zero-order valence-corrected chi connectivity index (χ0v) is 20.0. The van der Waals surface area contributed by atoms with E-state index in [1.165, 1.54) is 0 Å². The van der Waals surface area contributed by atoms with E-state index in [-0.39, 0.29) is 13.2 Å². The maximum absolute atomic E-state index is 10.7. The lowest BCUT2D eigenvalue weighted by atomic mass is 9.87. The van der Waals surface area contributed by atoms with E-state index >= 15 is 0 Å². The van der Waals surface area contributed by atoms with Crippen LogP contribution >= 0.6 is 11.6 Å². The van der Waals surface area contributed by atoms with Crippen LogP contribution in [0.4, 0.5) is 0 Å². The maximum Gasteiger partial charge on any atom is 0.119 e. The van der Waals surface area contributed by atoms with Crippen LogP contribution < -0.4 is 4.74 Å². The molecular formula is C26H31ClO7. The van der Waals surface area contributed by atoms with E-state index in [9.17, 15) is 20.4 Å². The van der Waals surface area contributed by atoms with Crippen LogP contribution in [0.2, 0.25) is 5.02 Å².